The van der Waals surface area contributed by atoms with Crippen molar-refractivity contribution in [1.29, 1.82) is 0 Å². The molecule has 1 heterocycles. The topological polar surface area (TPSA) is 44.5 Å². The van der Waals surface area contributed by atoms with Gasteiger partial charge in [0.2, 0.25) is 0 Å². The molecule has 0 aromatic heterocycles. The van der Waals surface area contributed by atoms with E-state index in [0.29, 0.717) is 5.69 Å². The van der Waals surface area contributed by atoms with Gasteiger partial charge in [-0.3, -0.25) is 0 Å². The zero-order chi connectivity index (χ0) is 12.8. The molecule has 1 aliphatic heterocycles. The highest BCUT2D eigenvalue weighted by atomic mass is 79.9. The highest BCUT2D eigenvalue weighted by molar-refractivity contribution is 9.10. The van der Waals surface area contributed by atoms with E-state index in [9.17, 15) is 0 Å². The van der Waals surface area contributed by atoms with Gasteiger partial charge in [0.1, 0.15) is 0 Å². The summed E-state index contributed by atoms with van der Waals surface area (Å²) in [6.07, 6.45) is 0. The van der Waals surface area contributed by atoms with E-state index in [1.807, 2.05) is 45.9 Å². The van der Waals surface area contributed by atoms with Crippen molar-refractivity contribution in [3.8, 4) is 0 Å². The minimum absolute atomic E-state index is 0.320. The third-order valence-electron chi connectivity index (χ3n) is 3.55. The van der Waals surface area contributed by atoms with Crippen LogP contribution in [0.5, 0.6) is 0 Å². The second kappa shape index (κ2) is 4.00. The largest absolute Gasteiger partial charge is 0.494 e. The fraction of sp³-hybridized carbons (Fsp3) is 0.500. The van der Waals surface area contributed by atoms with Gasteiger partial charge >= 0.3 is 7.12 Å². The van der Waals surface area contributed by atoms with Crippen LogP contribution in [0.1, 0.15) is 27.7 Å². The lowest BCUT2D eigenvalue weighted by Gasteiger charge is -2.32. The summed E-state index contributed by atoms with van der Waals surface area (Å²) < 4.78 is 12.8. The van der Waals surface area contributed by atoms with Crippen molar-refractivity contribution in [1.82, 2.24) is 0 Å². The maximum Gasteiger partial charge on any atom is 0.494 e. The molecule has 1 aliphatic rings. The second-order valence-corrected chi connectivity index (χ2v) is 6.22. The Morgan fingerprint density at radius 1 is 1.12 bits per heavy atom. The van der Waals surface area contributed by atoms with Gasteiger partial charge < -0.3 is 15.0 Å². The number of nitrogens with two attached hydrogens (primary N) is 1. The lowest BCUT2D eigenvalue weighted by molar-refractivity contribution is 0.00578. The normalized spacial score (nSPS) is 21.8. The van der Waals surface area contributed by atoms with Gasteiger partial charge in [0, 0.05) is 10.2 Å². The van der Waals surface area contributed by atoms with Gasteiger partial charge in [-0.15, -0.1) is 0 Å². The molecule has 0 atom stereocenters. The van der Waals surface area contributed by atoms with Crippen LogP contribution in [0.3, 0.4) is 0 Å². The molecule has 1 saturated heterocycles. The quantitative estimate of drug-likeness (QED) is 0.639. The van der Waals surface area contributed by atoms with E-state index in [4.69, 9.17) is 15.0 Å². The van der Waals surface area contributed by atoms with Gasteiger partial charge in [-0.2, -0.15) is 0 Å². The number of hydrogen-bond acceptors (Lipinski definition) is 3. The Morgan fingerprint density at radius 2 is 1.65 bits per heavy atom. The van der Waals surface area contributed by atoms with Crippen molar-refractivity contribution < 1.29 is 9.31 Å². The predicted octanol–water partition coefficient (Wildman–Crippen LogP) is 2.33. The predicted molar refractivity (Wildman–Crippen MR) is 74.3 cm³/mol. The summed E-state index contributed by atoms with van der Waals surface area (Å²) in [6.45, 7) is 8.15. The summed E-state index contributed by atoms with van der Waals surface area (Å²) in [4.78, 5) is 0. The number of rotatable bonds is 1. The number of halogens is 1. The maximum atomic E-state index is 5.95. The average Bonchev–Trinajstić information content (AvgIpc) is 2.41. The van der Waals surface area contributed by atoms with Crippen molar-refractivity contribution in [3.05, 3.63) is 22.7 Å². The van der Waals surface area contributed by atoms with E-state index < -0.39 is 0 Å². The molecule has 2 N–H and O–H groups in total. The first-order valence-corrected chi connectivity index (χ1v) is 6.43. The van der Waals surface area contributed by atoms with E-state index in [1.54, 1.807) is 0 Å². The van der Waals surface area contributed by atoms with Crippen molar-refractivity contribution >= 4 is 34.2 Å². The third-order valence-corrected chi connectivity index (χ3v) is 4.27. The Bertz CT molecular complexity index is 432. The van der Waals surface area contributed by atoms with Gasteiger partial charge in [0.05, 0.1) is 11.2 Å². The van der Waals surface area contributed by atoms with Crippen LogP contribution in [0.15, 0.2) is 22.7 Å². The molecular weight excluding hydrogens is 281 g/mol. The number of nitrogen functional groups attached to an aromatic ring is 1. The Morgan fingerprint density at radius 3 is 2.12 bits per heavy atom. The minimum Gasteiger partial charge on any atom is -0.399 e. The maximum absolute atomic E-state index is 5.95. The van der Waals surface area contributed by atoms with Crippen LogP contribution in [0, 0.1) is 0 Å². The summed E-state index contributed by atoms with van der Waals surface area (Å²) in [6, 6.07) is 5.75. The molecule has 1 aromatic rings. The highest BCUT2D eigenvalue weighted by Gasteiger charge is 2.51. The van der Waals surface area contributed by atoms with Crippen LogP contribution in [-0.4, -0.2) is 18.3 Å². The van der Waals surface area contributed by atoms with Crippen molar-refractivity contribution in [3.63, 3.8) is 0 Å². The Balaban J connectivity index is 2.29. The van der Waals surface area contributed by atoms with Crippen molar-refractivity contribution in [2.45, 2.75) is 38.9 Å². The lowest BCUT2D eigenvalue weighted by atomic mass is 9.79. The van der Waals surface area contributed by atoms with Gasteiger partial charge in [-0.1, -0.05) is 6.07 Å². The fourth-order valence-electron chi connectivity index (χ4n) is 1.69. The zero-order valence-corrected chi connectivity index (χ0v) is 12.2. The number of anilines is 1. The van der Waals surface area contributed by atoms with Crippen molar-refractivity contribution in [2.24, 2.45) is 0 Å². The molecule has 1 aromatic carbocycles. The molecule has 0 radical (unpaired) electrons. The zero-order valence-electron chi connectivity index (χ0n) is 10.6. The summed E-state index contributed by atoms with van der Waals surface area (Å²) in [5.74, 6) is 0. The monoisotopic (exact) mass is 297 g/mol. The van der Waals surface area contributed by atoms with Gasteiger partial charge in [0.25, 0.3) is 0 Å². The molecule has 5 heteroatoms. The second-order valence-electron chi connectivity index (χ2n) is 5.37. The highest BCUT2D eigenvalue weighted by Crippen LogP contribution is 2.36. The first kappa shape index (κ1) is 12.9. The van der Waals surface area contributed by atoms with E-state index >= 15 is 0 Å². The third kappa shape index (κ3) is 2.24. The summed E-state index contributed by atoms with van der Waals surface area (Å²) in [5.41, 5.74) is 6.87. The molecule has 0 saturated carbocycles. The van der Waals surface area contributed by atoms with E-state index in [2.05, 4.69) is 15.9 Å². The Labute approximate surface area is 111 Å². The molecule has 0 unspecified atom stereocenters. The molecule has 2 rings (SSSR count). The molecule has 0 spiro atoms. The van der Waals surface area contributed by atoms with Crippen LogP contribution < -0.4 is 11.2 Å². The summed E-state index contributed by atoms with van der Waals surface area (Å²) in [7, 11) is -0.351. The molecule has 0 bridgehead atoms. The molecule has 92 valence electrons. The summed E-state index contributed by atoms with van der Waals surface area (Å²) in [5, 5.41) is 0. The van der Waals surface area contributed by atoms with Gasteiger partial charge in [-0.25, -0.2) is 0 Å². The van der Waals surface area contributed by atoms with E-state index in [1.165, 1.54) is 0 Å². The Hall–Kier alpha value is -0.515. The molecule has 1 fully saturated rings. The van der Waals surface area contributed by atoms with Crippen molar-refractivity contribution in [2.75, 3.05) is 5.73 Å². The van der Waals surface area contributed by atoms with Gasteiger partial charge in [-0.05, 0) is 61.2 Å². The first-order chi connectivity index (χ1) is 7.73. The van der Waals surface area contributed by atoms with Gasteiger partial charge in [0.15, 0.2) is 0 Å². The van der Waals surface area contributed by atoms with E-state index in [0.717, 1.165) is 9.94 Å². The average molecular weight is 298 g/mol. The fourth-order valence-corrected chi connectivity index (χ4v) is 1.93. The van der Waals surface area contributed by atoms with Crippen LogP contribution >= 0.6 is 15.9 Å². The number of hydrogen-bond donors (Lipinski definition) is 1. The van der Waals surface area contributed by atoms with E-state index in [-0.39, 0.29) is 18.3 Å². The SMILES string of the molecule is CC1(C)OB(c2ccc(Br)c(N)c2)OC1(C)C. The molecule has 17 heavy (non-hydrogen) atoms. The van der Waals surface area contributed by atoms with Crippen LogP contribution in [0.2, 0.25) is 0 Å². The van der Waals surface area contributed by atoms with Crippen LogP contribution in [-0.2, 0) is 9.31 Å². The Kier molecular flexibility index (Phi) is 3.05. The minimum atomic E-state index is -0.351. The van der Waals surface area contributed by atoms with Crippen LogP contribution in [0.4, 0.5) is 5.69 Å². The standard InChI is InChI=1S/C12H17BBrNO2/c1-11(2)12(3,4)17-13(16-11)8-5-6-9(14)10(15)7-8/h5-7H,15H2,1-4H3. The molecule has 0 aliphatic carbocycles. The molecule has 3 nitrogen and oxygen atoms in total. The lowest BCUT2D eigenvalue weighted by Crippen LogP contribution is -2.41. The number of benzene rings is 1. The smallest absolute Gasteiger partial charge is 0.399 e. The molecular formula is C12H17BBrNO2. The first-order valence-electron chi connectivity index (χ1n) is 5.63. The molecule has 0 amide bonds. The summed E-state index contributed by atoms with van der Waals surface area (Å²) >= 11 is 3.38. The van der Waals surface area contributed by atoms with Crippen LogP contribution in [0.25, 0.3) is 0 Å².